The maximum absolute atomic E-state index is 5.51. The molecule has 1 saturated carbocycles. The lowest BCUT2D eigenvalue weighted by atomic mass is 10.1. The lowest BCUT2D eigenvalue weighted by Gasteiger charge is -2.36. The number of hydrogen-bond acceptors (Lipinski definition) is 4. The smallest absolute Gasteiger partial charge is 0.0700 e. The molecule has 1 N–H and O–H groups in total. The lowest BCUT2D eigenvalue weighted by Crippen LogP contribution is -2.52. The van der Waals surface area contributed by atoms with Gasteiger partial charge in [-0.25, -0.2) is 0 Å². The minimum absolute atomic E-state index is 0.707. The molecule has 1 heterocycles. The number of rotatable bonds is 8. The molecule has 1 unspecified atom stereocenters. The first kappa shape index (κ1) is 13.3. The molecule has 0 aromatic carbocycles. The summed E-state index contributed by atoms with van der Waals surface area (Å²) in [7, 11) is 1.71. The van der Waals surface area contributed by atoms with Gasteiger partial charge < -0.3 is 14.8 Å². The zero-order valence-corrected chi connectivity index (χ0v) is 11.0. The van der Waals surface area contributed by atoms with Crippen LogP contribution in [0.1, 0.15) is 19.3 Å². The molecule has 2 rings (SSSR count). The molecule has 2 fully saturated rings. The Morgan fingerprint density at radius 1 is 1.24 bits per heavy atom. The minimum Gasteiger partial charge on any atom is -0.382 e. The van der Waals surface area contributed by atoms with Gasteiger partial charge in [-0.1, -0.05) is 0 Å². The number of nitrogens with one attached hydrogen (secondary N) is 1. The Morgan fingerprint density at radius 2 is 2.12 bits per heavy atom. The summed E-state index contributed by atoms with van der Waals surface area (Å²) in [5, 5.41) is 3.52. The van der Waals surface area contributed by atoms with Crippen LogP contribution in [0.15, 0.2) is 0 Å². The molecule has 1 atom stereocenters. The maximum Gasteiger partial charge on any atom is 0.0700 e. The Balaban J connectivity index is 1.56. The van der Waals surface area contributed by atoms with Crippen LogP contribution in [0.3, 0.4) is 0 Å². The van der Waals surface area contributed by atoms with Gasteiger partial charge in [0.2, 0.25) is 0 Å². The van der Waals surface area contributed by atoms with E-state index < -0.39 is 0 Å². The number of hydrogen-bond donors (Lipinski definition) is 1. The van der Waals surface area contributed by atoms with E-state index >= 15 is 0 Å². The third-order valence-electron chi connectivity index (χ3n) is 3.73. The third-order valence-corrected chi connectivity index (χ3v) is 3.73. The van der Waals surface area contributed by atoms with Crippen molar-refractivity contribution < 1.29 is 9.47 Å². The van der Waals surface area contributed by atoms with E-state index in [1.165, 1.54) is 32.5 Å². The molecule has 0 aromatic rings. The highest BCUT2D eigenvalue weighted by Crippen LogP contribution is 2.35. The van der Waals surface area contributed by atoms with Crippen molar-refractivity contribution in [1.29, 1.82) is 0 Å². The highest BCUT2D eigenvalue weighted by Gasteiger charge is 2.35. The molecular weight excluding hydrogens is 216 g/mol. The average molecular weight is 242 g/mol. The van der Waals surface area contributed by atoms with E-state index in [2.05, 4.69) is 10.2 Å². The summed E-state index contributed by atoms with van der Waals surface area (Å²) in [6.45, 7) is 7.03. The van der Waals surface area contributed by atoms with Crippen LogP contribution in [0.25, 0.3) is 0 Å². The lowest BCUT2D eigenvalue weighted by molar-refractivity contribution is 0.0592. The van der Waals surface area contributed by atoms with Crippen molar-refractivity contribution in [3.8, 4) is 0 Å². The van der Waals surface area contributed by atoms with E-state index in [0.29, 0.717) is 6.61 Å². The van der Waals surface area contributed by atoms with E-state index in [-0.39, 0.29) is 0 Å². The number of methoxy groups -OCH3 is 1. The monoisotopic (exact) mass is 242 g/mol. The zero-order chi connectivity index (χ0) is 11.9. The van der Waals surface area contributed by atoms with Crippen LogP contribution in [0.4, 0.5) is 0 Å². The van der Waals surface area contributed by atoms with Gasteiger partial charge in [0.1, 0.15) is 0 Å². The zero-order valence-electron chi connectivity index (χ0n) is 11.0. The molecule has 0 radical (unpaired) electrons. The van der Waals surface area contributed by atoms with Crippen molar-refractivity contribution in [2.45, 2.75) is 25.3 Å². The molecule has 0 spiro atoms. The SMILES string of the molecule is COCCOCCCN1CCNCC1C1CC1. The largest absolute Gasteiger partial charge is 0.382 e. The Hall–Kier alpha value is -0.160. The van der Waals surface area contributed by atoms with Crippen LogP contribution in [-0.4, -0.2) is 64.1 Å². The fourth-order valence-electron chi connectivity index (χ4n) is 2.60. The summed E-state index contributed by atoms with van der Waals surface area (Å²) >= 11 is 0. The Kier molecular flexibility index (Phi) is 5.71. The summed E-state index contributed by atoms with van der Waals surface area (Å²) in [6, 6.07) is 0.794. The van der Waals surface area contributed by atoms with Gasteiger partial charge in [0, 0.05) is 45.9 Å². The van der Waals surface area contributed by atoms with Gasteiger partial charge in [-0.3, -0.25) is 4.90 Å². The Labute approximate surface area is 105 Å². The molecule has 2 aliphatic rings. The summed E-state index contributed by atoms with van der Waals surface area (Å²) < 4.78 is 10.5. The van der Waals surface area contributed by atoms with Gasteiger partial charge >= 0.3 is 0 Å². The first-order chi connectivity index (χ1) is 8.42. The second-order valence-corrected chi connectivity index (χ2v) is 5.10. The van der Waals surface area contributed by atoms with E-state index in [0.717, 1.165) is 38.1 Å². The van der Waals surface area contributed by atoms with Crippen molar-refractivity contribution in [3.63, 3.8) is 0 Å². The van der Waals surface area contributed by atoms with Crippen LogP contribution in [0.5, 0.6) is 0 Å². The normalized spacial score (nSPS) is 26.3. The first-order valence-corrected chi connectivity index (χ1v) is 6.93. The topological polar surface area (TPSA) is 33.7 Å². The predicted molar refractivity (Wildman–Crippen MR) is 68.3 cm³/mol. The van der Waals surface area contributed by atoms with E-state index in [9.17, 15) is 0 Å². The molecule has 17 heavy (non-hydrogen) atoms. The fraction of sp³-hybridized carbons (Fsp3) is 1.00. The fourth-order valence-corrected chi connectivity index (χ4v) is 2.60. The molecular formula is C13H26N2O2. The summed E-state index contributed by atoms with van der Waals surface area (Å²) in [6.07, 6.45) is 4.02. The maximum atomic E-state index is 5.51. The second kappa shape index (κ2) is 7.31. The van der Waals surface area contributed by atoms with Gasteiger partial charge in [-0.2, -0.15) is 0 Å². The first-order valence-electron chi connectivity index (χ1n) is 6.93. The van der Waals surface area contributed by atoms with Gasteiger partial charge in [0.15, 0.2) is 0 Å². The number of ether oxygens (including phenoxy) is 2. The molecule has 0 amide bonds. The molecule has 4 nitrogen and oxygen atoms in total. The molecule has 1 aliphatic carbocycles. The van der Waals surface area contributed by atoms with Crippen LogP contribution >= 0.6 is 0 Å². The Bertz CT molecular complexity index is 210. The molecule has 0 aromatic heterocycles. The van der Waals surface area contributed by atoms with Gasteiger partial charge in [0.05, 0.1) is 13.2 Å². The van der Waals surface area contributed by atoms with E-state index in [4.69, 9.17) is 9.47 Å². The molecule has 4 heteroatoms. The van der Waals surface area contributed by atoms with Gasteiger partial charge in [-0.05, 0) is 25.2 Å². The van der Waals surface area contributed by atoms with Crippen molar-refractivity contribution in [3.05, 3.63) is 0 Å². The predicted octanol–water partition coefficient (Wildman–Crippen LogP) is 0.723. The quantitative estimate of drug-likeness (QED) is 0.636. The van der Waals surface area contributed by atoms with E-state index in [1.54, 1.807) is 7.11 Å². The van der Waals surface area contributed by atoms with Crippen LogP contribution < -0.4 is 5.32 Å². The highest BCUT2D eigenvalue weighted by molar-refractivity contribution is 4.92. The average Bonchev–Trinajstić information content (AvgIpc) is 3.18. The van der Waals surface area contributed by atoms with Crippen LogP contribution in [-0.2, 0) is 9.47 Å². The van der Waals surface area contributed by atoms with Crippen molar-refractivity contribution >= 4 is 0 Å². The highest BCUT2D eigenvalue weighted by atomic mass is 16.5. The van der Waals surface area contributed by atoms with Gasteiger partial charge in [-0.15, -0.1) is 0 Å². The molecule has 1 aliphatic heterocycles. The van der Waals surface area contributed by atoms with Crippen molar-refractivity contribution in [2.75, 3.05) is 53.1 Å². The molecule has 1 saturated heterocycles. The van der Waals surface area contributed by atoms with Gasteiger partial charge in [0.25, 0.3) is 0 Å². The van der Waals surface area contributed by atoms with Crippen molar-refractivity contribution in [2.24, 2.45) is 5.92 Å². The van der Waals surface area contributed by atoms with E-state index in [1.807, 2.05) is 0 Å². The summed E-state index contributed by atoms with van der Waals surface area (Å²) in [5.41, 5.74) is 0. The minimum atomic E-state index is 0.707. The number of piperazine rings is 1. The number of nitrogens with zero attached hydrogens (tertiary/aromatic N) is 1. The Morgan fingerprint density at radius 3 is 2.88 bits per heavy atom. The third kappa shape index (κ3) is 4.54. The van der Waals surface area contributed by atoms with Crippen LogP contribution in [0.2, 0.25) is 0 Å². The molecule has 0 bridgehead atoms. The molecule has 100 valence electrons. The second-order valence-electron chi connectivity index (χ2n) is 5.10. The standard InChI is InChI=1S/C13H26N2O2/c1-16-9-10-17-8-2-6-15-7-5-14-11-13(15)12-3-4-12/h12-14H,2-11H2,1H3. The van der Waals surface area contributed by atoms with Crippen LogP contribution in [0, 0.1) is 5.92 Å². The summed E-state index contributed by atoms with van der Waals surface area (Å²) in [5.74, 6) is 0.970. The van der Waals surface area contributed by atoms with Crippen molar-refractivity contribution in [1.82, 2.24) is 10.2 Å². The summed E-state index contributed by atoms with van der Waals surface area (Å²) in [4.78, 5) is 2.66.